The number of aryl methyl sites for hydroxylation is 2. The molecule has 0 radical (unpaired) electrons. The van der Waals surface area contributed by atoms with Crippen molar-refractivity contribution in [3.05, 3.63) is 52.3 Å². The van der Waals surface area contributed by atoms with Gasteiger partial charge in [0.25, 0.3) is 0 Å². The Morgan fingerprint density at radius 3 is 3.00 bits per heavy atom. The molecule has 2 aliphatic rings. The first-order valence-electron chi connectivity index (χ1n) is 9.95. The maximum absolute atomic E-state index is 12.5. The quantitative estimate of drug-likeness (QED) is 0.873. The average molecular weight is 367 g/mol. The molecule has 0 spiro atoms. The van der Waals surface area contributed by atoms with Crippen molar-refractivity contribution in [2.75, 3.05) is 32.7 Å². The Morgan fingerprint density at radius 2 is 2.15 bits per heavy atom. The molecular weight excluding hydrogens is 338 g/mol. The number of carbonyl (C=O) groups excluding carboxylic acids is 1. The van der Waals surface area contributed by atoms with Crippen LogP contribution in [0.4, 0.5) is 4.79 Å². The summed E-state index contributed by atoms with van der Waals surface area (Å²) < 4.78 is 0. The highest BCUT2D eigenvalue weighted by atomic mass is 16.2. The van der Waals surface area contributed by atoms with E-state index in [0.717, 1.165) is 44.0 Å². The van der Waals surface area contributed by atoms with Crippen molar-refractivity contribution in [2.45, 2.75) is 39.2 Å². The van der Waals surface area contributed by atoms with E-state index in [1.165, 1.54) is 23.1 Å². The molecule has 6 heteroatoms. The molecule has 3 heterocycles. The van der Waals surface area contributed by atoms with Crippen LogP contribution in [0.1, 0.15) is 40.4 Å². The van der Waals surface area contributed by atoms with Gasteiger partial charge < -0.3 is 15.1 Å². The molecule has 1 aromatic carbocycles. The maximum Gasteiger partial charge on any atom is 0.317 e. The van der Waals surface area contributed by atoms with Gasteiger partial charge in [-0.2, -0.15) is 5.10 Å². The van der Waals surface area contributed by atoms with Crippen LogP contribution in [0.15, 0.2) is 24.3 Å². The van der Waals surface area contributed by atoms with E-state index in [9.17, 15) is 4.79 Å². The first-order chi connectivity index (χ1) is 13.1. The molecule has 0 saturated carbocycles. The smallest absolute Gasteiger partial charge is 0.317 e. The molecule has 0 bridgehead atoms. The summed E-state index contributed by atoms with van der Waals surface area (Å²) in [6, 6.07) is 8.74. The monoisotopic (exact) mass is 367 g/mol. The third kappa shape index (κ3) is 3.86. The van der Waals surface area contributed by atoms with E-state index < -0.39 is 0 Å². The molecule has 2 amide bonds. The predicted octanol–water partition coefficient (Wildman–Crippen LogP) is 2.58. The molecule has 1 fully saturated rings. The number of nitrogens with one attached hydrogen (secondary N) is 2. The van der Waals surface area contributed by atoms with Crippen LogP contribution in [-0.2, 0) is 13.0 Å². The summed E-state index contributed by atoms with van der Waals surface area (Å²) in [4.78, 5) is 16.9. The Balaban J connectivity index is 1.23. The van der Waals surface area contributed by atoms with E-state index in [1.54, 1.807) is 0 Å². The molecule has 1 atom stereocenters. The Labute approximate surface area is 160 Å². The summed E-state index contributed by atoms with van der Waals surface area (Å²) >= 11 is 0. The van der Waals surface area contributed by atoms with Crippen molar-refractivity contribution in [3.63, 3.8) is 0 Å². The Kier molecular flexibility index (Phi) is 5.16. The average Bonchev–Trinajstić information content (AvgIpc) is 3.29. The Morgan fingerprint density at radius 1 is 1.30 bits per heavy atom. The van der Waals surface area contributed by atoms with Crippen molar-refractivity contribution in [3.8, 4) is 0 Å². The molecule has 27 heavy (non-hydrogen) atoms. The van der Waals surface area contributed by atoms with E-state index >= 15 is 0 Å². The molecule has 1 aromatic heterocycles. The van der Waals surface area contributed by atoms with Gasteiger partial charge in [0.15, 0.2) is 0 Å². The fourth-order valence-electron chi connectivity index (χ4n) is 4.37. The number of amides is 2. The molecule has 4 rings (SSSR count). The number of H-pyrrole nitrogens is 1. The van der Waals surface area contributed by atoms with Crippen molar-refractivity contribution in [2.24, 2.45) is 0 Å². The zero-order valence-corrected chi connectivity index (χ0v) is 16.3. The normalized spacial score (nSPS) is 19.9. The molecule has 0 unspecified atom stereocenters. The minimum absolute atomic E-state index is 0.0379. The van der Waals surface area contributed by atoms with Gasteiger partial charge in [0, 0.05) is 43.9 Å². The number of hydrogen-bond donors (Lipinski definition) is 2. The second-order valence-electron chi connectivity index (χ2n) is 7.82. The van der Waals surface area contributed by atoms with Crippen molar-refractivity contribution < 1.29 is 4.79 Å². The van der Waals surface area contributed by atoms with E-state index in [2.05, 4.69) is 51.6 Å². The lowest BCUT2D eigenvalue weighted by Crippen LogP contribution is -2.44. The zero-order chi connectivity index (χ0) is 18.8. The van der Waals surface area contributed by atoms with Crippen molar-refractivity contribution in [1.29, 1.82) is 0 Å². The number of aromatic nitrogens is 2. The van der Waals surface area contributed by atoms with Crippen LogP contribution in [0.5, 0.6) is 0 Å². The summed E-state index contributed by atoms with van der Waals surface area (Å²) in [5, 5.41) is 10.4. The molecule has 6 nitrogen and oxygen atoms in total. The Hall–Kier alpha value is -2.34. The minimum atomic E-state index is 0.0379. The second kappa shape index (κ2) is 7.72. The number of nitrogens with zero attached hydrogens (tertiary/aromatic N) is 3. The van der Waals surface area contributed by atoms with Crippen molar-refractivity contribution >= 4 is 6.03 Å². The zero-order valence-electron chi connectivity index (χ0n) is 16.3. The van der Waals surface area contributed by atoms with Gasteiger partial charge in [0.2, 0.25) is 0 Å². The van der Waals surface area contributed by atoms with E-state index in [0.29, 0.717) is 19.0 Å². The van der Waals surface area contributed by atoms with Crippen LogP contribution in [-0.4, -0.2) is 58.8 Å². The highest BCUT2D eigenvalue weighted by Crippen LogP contribution is 2.29. The van der Waals surface area contributed by atoms with Gasteiger partial charge in [0.1, 0.15) is 0 Å². The second-order valence-corrected chi connectivity index (χ2v) is 7.82. The first kappa shape index (κ1) is 18.0. The standard InChI is InChI=1S/C21H29N5O/c1-15-5-3-4-6-18(15)17-7-10-25(13-17)12-9-22-21(27)26-11-8-20-19(14-26)16(2)23-24-20/h3-6,17H,7-14H2,1-2H3,(H,22,27)(H,23,24)/t17-/m0/s1. The van der Waals surface area contributed by atoms with Gasteiger partial charge in [0.05, 0.1) is 12.2 Å². The highest BCUT2D eigenvalue weighted by Gasteiger charge is 2.26. The number of likely N-dealkylation sites (tertiary alicyclic amines) is 1. The highest BCUT2D eigenvalue weighted by molar-refractivity contribution is 5.74. The molecule has 1 saturated heterocycles. The van der Waals surface area contributed by atoms with Gasteiger partial charge in [-0.1, -0.05) is 24.3 Å². The topological polar surface area (TPSA) is 64.3 Å². The number of hydrogen-bond acceptors (Lipinski definition) is 3. The number of rotatable bonds is 4. The van der Waals surface area contributed by atoms with Crippen LogP contribution in [0.2, 0.25) is 0 Å². The first-order valence-corrected chi connectivity index (χ1v) is 9.95. The van der Waals surface area contributed by atoms with Crippen molar-refractivity contribution in [1.82, 2.24) is 25.3 Å². The third-order valence-electron chi connectivity index (χ3n) is 6.02. The summed E-state index contributed by atoms with van der Waals surface area (Å²) in [7, 11) is 0. The number of benzene rings is 1. The van der Waals surface area contributed by atoms with Crippen LogP contribution in [0, 0.1) is 13.8 Å². The molecule has 2 N–H and O–H groups in total. The van der Waals surface area contributed by atoms with E-state index in [1.807, 2.05) is 11.8 Å². The van der Waals surface area contributed by atoms with Gasteiger partial charge in [-0.25, -0.2) is 4.79 Å². The van der Waals surface area contributed by atoms with E-state index in [4.69, 9.17) is 0 Å². The molecular formula is C21H29N5O. The Bertz CT molecular complexity index is 815. The molecule has 2 aromatic rings. The molecule has 144 valence electrons. The number of carbonyl (C=O) groups is 1. The summed E-state index contributed by atoms with van der Waals surface area (Å²) in [6.07, 6.45) is 2.03. The fourth-order valence-corrected chi connectivity index (χ4v) is 4.37. The van der Waals surface area contributed by atoms with E-state index in [-0.39, 0.29) is 6.03 Å². The number of urea groups is 1. The van der Waals surface area contributed by atoms with Crippen LogP contribution in [0.25, 0.3) is 0 Å². The fraction of sp³-hybridized carbons (Fsp3) is 0.524. The van der Waals surface area contributed by atoms with Gasteiger partial charge in [-0.05, 0) is 43.9 Å². The molecule has 0 aliphatic carbocycles. The largest absolute Gasteiger partial charge is 0.337 e. The summed E-state index contributed by atoms with van der Waals surface area (Å²) in [5.41, 5.74) is 6.22. The predicted molar refractivity (Wildman–Crippen MR) is 106 cm³/mol. The van der Waals surface area contributed by atoms with Gasteiger partial charge >= 0.3 is 6.03 Å². The lowest BCUT2D eigenvalue weighted by Gasteiger charge is -2.27. The summed E-state index contributed by atoms with van der Waals surface area (Å²) in [6.45, 7) is 9.42. The minimum Gasteiger partial charge on any atom is -0.337 e. The molecule has 2 aliphatic heterocycles. The lowest BCUT2D eigenvalue weighted by molar-refractivity contribution is 0.190. The van der Waals surface area contributed by atoms with Gasteiger partial charge in [-0.3, -0.25) is 5.10 Å². The maximum atomic E-state index is 12.5. The van der Waals surface area contributed by atoms with Crippen LogP contribution < -0.4 is 5.32 Å². The lowest BCUT2D eigenvalue weighted by atomic mass is 9.94. The van der Waals surface area contributed by atoms with Crippen LogP contribution >= 0.6 is 0 Å². The van der Waals surface area contributed by atoms with Gasteiger partial charge in [-0.15, -0.1) is 0 Å². The summed E-state index contributed by atoms with van der Waals surface area (Å²) in [5.74, 6) is 0.617. The SMILES string of the molecule is Cc1ccccc1[C@H]1CCN(CCNC(=O)N2CCc3n[nH]c(C)c3C2)C1. The van der Waals surface area contributed by atoms with Crippen LogP contribution in [0.3, 0.4) is 0 Å². The third-order valence-corrected chi connectivity index (χ3v) is 6.02. The number of fused-ring (bicyclic) bond motifs is 1. The number of aromatic amines is 1.